The van der Waals surface area contributed by atoms with Crippen LogP contribution in [0, 0.1) is 0 Å². The van der Waals surface area contributed by atoms with E-state index in [0.29, 0.717) is 19.5 Å². The van der Waals surface area contributed by atoms with Gasteiger partial charge in [-0.1, -0.05) is 12.1 Å². The van der Waals surface area contributed by atoms with E-state index in [4.69, 9.17) is 5.11 Å². The first kappa shape index (κ1) is 18.6. The molecule has 1 saturated heterocycles. The van der Waals surface area contributed by atoms with Crippen molar-refractivity contribution in [3.05, 3.63) is 29.8 Å². The first-order valence-electron chi connectivity index (χ1n) is 6.60. The molecule has 1 fully saturated rings. The number of halogens is 4. The number of rotatable bonds is 5. The second kappa shape index (κ2) is 7.69. The number of carboxylic acid groups (broad SMARTS) is 1. The lowest BCUT2D eigenvalue weighted by Gasteiger charge is -2.21. The van der Waals surface area contributed by atoms with Crippen LogP contribution in [0.1, 0.15) is 18.4 Å². The maximum atomic E-state index is 12.0. The van der Waals surface area contributed by atoms with Crippen molar-refractivity contribution in [3.63, 3.8) is 0 Å². The summed E-state index contributed by atoms with van der Waals surface area (Å²) in [6.07, 6.45) is -2.89. The van der Waals surface area contributed by atoms with Gasteiger partial charge in [-0.2, -0.15) is 13.2 Å². The summed E-state index contributed by atoms with van der Waals surface area (Å²) in [4.78, 5) is 12.9. The van der Waals surface area contributed by atoms with E-state index in [0.717, 1.165) is 12.0 Å². The molecular weight excluding hydrogens is 323 g/mol. The summed E-state index contributed by atoms with van der Waals surface area (Å²) in [6, 6.07) is 5.76. The van der Waals surface area contributed by atoms with Crippen molar-refractivity contribution in [2.75, 3.05) is 13.2 Å². The Morgan fingerprint density at radius 1 is 1.32 bits per heavy atom. The molecule has 0 spiro atoms. The molecule has 22 heavy (non-hydrogen) atoms. The van der Waals surface area contributed by atoms with Gasteiger partial charge in [-0.25, -0.2) is 0 Å². The first-order valence-corrected chi connectivity index (χ1v) is 6.60. The Kier molecular flexibility index (Phi) is 6.49. The highest BCUT2D eigenvalue weighted by Gasteiger charge is 2.30. The molecule has 0 radical (unpaired) electrons. The first-order chi connectivity index (χ1) is 9.85. The molecule has 1 heterocycles. The summed E-state index contributed by atoms with van der Waals surface area (Å²) in [5.74, 6) is -0.690. The minimum absolute atomic E-state index is 0. The topological polar surface area (TPSA) is 49.8 Å². The molecule has 1 aromatic carbocycles. The molecule has 1 atom stereocenters. The highest BCUT2D eigenvalue weighted by Crippen LogP contribution is 2.22. The van der Waals surface area contributed by atoms with Crippen molar-refractivity contribution < 1.29 is 27.8 Å². The lowest BCUT2D eigenvalue weighted by atomic mass is 10.2. The minimum atomic E-state index is -4.36. The molecule has 0 unspecified atom stereocenters. The third-order valence-corrected chi connectivity index (χ3v) is 3.36. The number of carbonyl (C=O) groups is 1. The summed E-state index contributed by atoms with van der Waals surface area (Å²) in [7, 11) is 0. The molecule has 2 rings (SSSR count). The van der Waals surface area contributed by atoms with Crippen molar-refractivity contribution in [2.45, 2.75) is 31.6 Å². The van der Waals surface area contributed by atoms with Crippen LogP contribution in [0.2, 0.25) is 0 Å². The van der Waals surface area contributed by atoms with Gasteiger partial charge in [-0.15, -0.1) is 12.4 Å². The average Bonchev–Trinajstić information content (AvgIpc) is 2.85. The molecule has 124 valence electrons. The zero-order valence-electron chi connectivity index (χ0n) is 11.7. The fraction of sp³-hybridized carbons (Fsp3) is 0.500. The molecule has 8 heteroatoms. The third kappa shape index (κ3) is 5.38. The predicted molar refractivity (Wildman–Crippen MR) is 76.3 cm³/mol. The standard InChI is InChI=1S/C14H16F3NO3.ClH/c15-14(16,17)9-21-11-5-3-10(4-6-11)8-18-7-1-2-12(18)13(19)20;/h3-6,12H,1-2,7-9H2,(H,19,20);1H/t12-;/m1./s1. The summed E-state index contributed by atoms with van der Waals surface area (Å²) in [5, 5.41) is 9.08. The number of benzene rings is 1. The molecule has 0 bridgehead atoms. The highest BCUT2D eigenvalue weighted by atomic mass is 35.5. The normalized spacial score (nSPS) is 18.8. The Hall–Kier alpha value is -1.47. The summed E-state index contributed by atoms with van der Waals surface area (Å²) in [6.45, 7) is -0.140. The van der Waals surface area contributed by atoms with Gasteiger partial charge in [0, 0.05) is 6.54 Å². The maximum absolute atomic E-state index is 12.0. The Morgan fingerprint density at radius 2 is 1.95 bits per heavy atom. The van der Waals surface area contributed by atoms with E-state index in [2.05, 4.69) is 4.74 Å². The number of carboxylic acids is 1. The van der Waals surface area contributed by atoms with E-state index in [9.17, 15) is 18.0 Å². The molecular formula is C14H17ClF3NO3. The van der Waals surface area contributed by atoms with Gasteiger partial charge in [0.2, 0.25) is 0 Å². The van der Waals surface area contributed by atoms with Crippen molar-refractivity contribution in [2.24, 2.45) is 0 Å². The van der Waals surface area contributed by atoms with Gasteiger partial charge in [0.15, 0.2) is 6.61 Å². The van der Waals surface area contributed by atoms with Crippen molar-refractivity contribution in [1.82, 2.24) is 4.90 Å². The van der Waals surface area contributed by atoms with Crippen molar-refractivity contribution in [1.29, 1.82) is 0 Å². The van der Waals surface area contributed by atoms with Crippen LogP contribution in [0.3, 0.4) is 0 Å². The Bertz CT molecular complexity index is 493. The molecule has 1 aliphatic rings. The third-order valence-electron chi connectivity index (χ3n) is 3.36. The molecule has 0 aliphatic carbocycles. The summed E-state index contributed by atoms with van der Waals surface area (Å²) < 4.78 is 40.7. The molecule has 1 aliphatic heterocycles. The minimum Gasteiger partial charge on any atom is -0.484 e. The second-order valence-corrected chi connectivity index (χ2v) is 5.01. The monoisotopic (exact) mass is 339 g/mol. The van der Waals surface area contributed by atoms with E-state index in [1.165, 1.54) is 12.1 Å². The van der Waals surface area contributed by atoms with Gasteiger partial charge in [0.05, 0.1) is 0 Å². The average molecular weight is 340 g/mol. The van der Waals surface area contributed by atoms with Gasteiger partial charge < -0.3 is 9.84 Å². The van der Waals surface area contributed by atoms with Gasteiger partial charge in [-0.3, -0.25) is 9.69 Å². The Balaban J connectivity index is 0.00000242. The molecule has 0 aromatic heterocycles. The lowest BCUT2D eigenvalue weighted by Crippen LogP contribution is -2.35. The van der Waals surface area contributed by atoms with Crippen LogP contribution in [0.5, 0.6) is 5.75 Å². The molecule has 0 amide bonds. The fourth-order valence-electron chi connectivity index (χ4n) is 2.39. The zero-order chi connectivity index (χ0) is 15.5. The second-order valence-electron chi connectivity index (χ2n) is 5.01. The summed E-state index contributed by atoms with van der Waals surface area (Å²) >= 11 is 0. The predicted octanol–water partition coefficient (Wildman–Crippen LogP) is 3.10. The molecule has 1 aromatic rings. The lowest BCUT2D eigenvalue weighted by molar-refractivity contribution is -0.153. The largest absolute Gasteiger partial charge is 0.484 e. The van der Waals surface area contributed by atoms with Crippen LogP contribution in [0.4, 0.5) is 13.2 Å². The van der Waals surface area contributed by atoms with Crippen LogP contribution >= 0.6 is 12.4 Å². The van der Waals surface area contributed by atoms with Gasteiger partial charge >= 0.3 is 12.1 Å². The Labute approximate surface area is 132 Å². The van der Waals surface area contributed by atoms with Crippen LogP contribution < -0.4 is 4.74 Å². The SMILES string of the molecule is Cl.O=C(O)[C@H]1CCCN1Cc1ccc(OCC(F)(F)F)cc1. The Morgan fingerprint density at radius 3 is 2.50 bits per heavy atom. The molecule has 1 N–H and O–H groups in total. The van der Waals surface area contributed by atoms with E-state index in [1.807, 2.05) is 4.90 Å². The number of nitrogens with zero attached hydrogens (tertiary/aromatic N) is 1. The van der Waals surface area contributed by atoms with Crippen molar-refractivity contribution in [3.8, 4) is 5.75 Å². The van der Waals surface area contributed by atoms with Crippen molar-refractivity contribution >= 4 is 18.4 Å². The number of alkyl halides is 3. The summed E-state index contributed by atoms with van der Waals surface area (Å²) in [5.41, 5.74) is 0.850. The van der Waals surface area contributed by atoms with Crippen LogP contribution in [0.25, 0.3) is 0 Å². The number of hydrogen-bond donors (Lipinski definition) is 1. The highest BCUT2D eigenvalue weighted by molar-refractivity contribution is 5.85. The van der Waals surface area contributed by atoms with E-state index < -0.39 is 24.8 Å². The number of aliphatic carboxylic acids is 1. The van der Waals surface area contributed by atoms with Gasteiger partial charge in [0.25, 0.3) is 0 Å². The quantitative estimate of drug-likeness (QED) is 0.895. The smallest absolute Gasteiger partial charge is 0.422 e. The van der Waals surface area contributed by atoms with Crippen LogP contribution in [-0.2, 0) is 11.3 Å². The number of ether oxygens (including phenoxy) is 1. The maximum Gasteiger partial charge on any atom is 0.422 e. The number of hydrogen-bond acceptors (Lipinski definition) is 3. The van der Waals surface area contributed by atoms with E-state index in [1.54, 1.807) is 12.1 Å². The van der Waals surface area contributed by atoms with Crippen LogP contribution in [-0.4, -0.2) is 41.3 Å². The van der Waals surface area contributed by atoms with Gasteiger partial charge in [0.1, 0.15) is 11.8 Å². The van der Waals surface area contributed by atoms with E-state index in [-0.39, 0.29) is 18.2 Å². The zero-order valence-corrected chi connectivity index (χ0v) is 12.5. The van der Waals surface area contributed by atoms with E-state index >= 15 is 0 Å². The van der Waals surface area contributed by atoms with Crippen LogP contribution in [0.15, 0.2) is 24.3 Å². The number of likely N-dealkylation sites (tertiary alicyclic amines) is 1. The fourth-order valence-corrected chi connectivity index (χ4v) is 2.39. The van der Waals surface area contributed by atoms with Gasteiger partial charge in [-0.05, 0) is 37.1 Å². The molecule has 0 saturated carbocycles. The molecule has 4 nitrogen and oxygen atoms in total.